The summed E-state index contributed by atoms with van der Waals surface area (Å²) in [7, 11) is 1.69. The van der Waals surface area contributed by atoms with E-state index in [1.807, 2.05) is 31.2 Å². The second-order valence-electron chi connectivity index (χ2n) is 8.44. The van der Waals surface area contributed by atoms with Crippen LogP contribution in [0.15, 0.2) is 36.4 Å². The van der Waals surface area contributed by atoms with E-state index in [1.54, 1.807) is 11.7 Å². The van der Waals surface area contributed by atoms with Gasteiger partial charge in [0.1, 0.15) is 5.75 Å². The molecule has 0 N–H and O–H groups in total. The van der Waals surface area contributed by atoms with Gasteiger partial charge in [-0.25, -0.2) is 0 Å². The van der Waals surface area contributed by atoms with Crippen molar-refractivity contribution < 1.29 is 9.53 Å². The molecule has 0 aliphatic rings. The summed E-state index contributed by atoms with van der Waals surface area (Å²) in [5.41, 5.74) is 4.62. The third-order valence-corrected chi connectivity index (χ3v) is 5.22. The van der Waals surface area contributed by atoms with E-state index >= 15 is 0 Å². The average molecular weight is 377 g/mol. The van der Waals surface area contributed by atoms with Crippen molar-refractivity contribution in [1.82, 2.24) is 4.57 Å². The van der Waals surface area contributed by atoms with E-state index in [0.29, 0.717) is 5.56 Å². The van der Waals surface area contributed by atoms with Crippen LogP contribution in [0.2, 0.25) is 0 Å². The Labute approximate surface area is 168 Å². The second-order valence-corrected chi connectivity index (χ2v) is 8.44. The van der Waals surface area contributed by atoms with Crippen molar-refractivity contribution in [2.45, 2.75) is 59.3 Å². The van der Waals surface area contributed by atoms with Gasteiger partial charge in [0.05, 0.1) is 12.6 Å². The third kappa shape index (κ3) is 3.71. The van der Waals surface area contributed by atoms with Gasteiger partial charge in [-0.2, -0.15) is 0 Å². The molecule has 0 unspecified atom stereocenters. The van der Waals surface area contributed by atoms with Gasteiger partial charge in [-0.05, 0) is 55.0 Å². The number of nitrogens with zero attached hydrogens (tertiary/aromatic N) is 1. The summed E-state index contributed by atoms with van der Waals surface area (Å²) < 4.78 is 7.37. The number of carbonyl (C=O) groups excluding carboxylic acids is 1. The summed E-state index contributed by atoms with van der Waals surface area (Å²) in [5, 5.41) is 0.956. The molecular formula is C25H30NO2. The molecule has 1 radical (unpaired) electrons. The molecule has 3 rings (SSSR count). The van der Waals surface area contributed by atoms with Crippen LogP contribution < -0.4 is 4.74 Å². The summed E-state index contributed by atoms with van der Waals surface area (Å²) in [5.74, 6) is 0.817. The molecule has 0 atom stereocenters. The number of hydrogen-bond acceptors (Lipinski definition) is 2. The first kappa shape index (κ1) is 20.2. The van der Waals surface area contributed by atoms with Gasteiger partial charge < -0.3 is 4.74 Å². The van der Waals surface area contributed by atoms with E-state index in [4.69, 9.17) is 4.74 Å². The lowest BCUT2D eigenvalue weighted by Gasteiger charge is -2.23. The summed E-state index contributed by atoms with van der Waals surface area (Å²) in [6.07, 6.45) is 3.39. The smallest absolute Gasteiger partial charge is 0.262 e. The molecule has 0 bridgehead atoms. The predicted molar refractivity (Wildman–Crippen MR) is 116 cm³/mol. The maximum absolute atomic E-state index is 13.3. The second kappa shape index (κ2) is 7.83. The maximum atomic E-state index is 13.3. The Bertz CT molecular complexity index is 988. The molecule has 147 valence electrons. The molecule has 1 aromatic heterocycles. The zero-order valence-electron chi connectivity index (χ0n) is 17.8. The molecule has 2 aromatic carbocycles. The Morgan fingerprint density at radius 1 is 1.11 bits per heavy atom. The van der Waals surface area contributed by atoms with Crippen molar-refractivity contribution in [2.75, 3.05) is 7.11 Å². The highest BCUT2D eigenvalue weighted by Crippen LogP contribution is 2.38. The molecule has 3 aromatic rings. The minimum absolute atomic E-state index is 0.0178. The van der Waals surface area contributed by atoms with Crippen LogP contribution in [-0.2, 0) is 11.8 Å². The number of fused-ring (bicyclic) bond motifs is 1. The number of benzene rings is 2. The highest BCUT2D eigenvalue weighted by molar-refractivity contribution is 6.04. The monoisotopic (exact) mass is 376 g/mol. The lowest BCUT2D eigenvalue weighted by atomic mass is 9.84. The maximum Gasteiger partial charge on any atom is 0.262 e. The number of carbonyl (C=O) groups is 1. The Balaban J connectivity index is 2.08. The molecule has 0 spiro atoms. The van der Waals surface area contributed by atoms with Crippen molar-refractivity contribution in [3.05, 3.63) is 64.8 Å². The molecular weight excluding hydrogens is 346 g/mol. The minimum Gasteiger partial charge on any atom is -0.496 e. The molecule has 3 heteroatoms. The number of ether oxygens (including phenoxy) is 1. The van der Waals surface area contributed by atoms with Crippen molar-refractivity contribution in [2.24, 2.45) is 0 Å². The van der Waals surface area contributed by atoms with Gasteiger partial charge in [-0.15, -0.1) is 0 Å². The van der Waals surface area contributed by atoms with E-state index in [9.17, 15) is 4.79 Å². The van der Waals surface area contributed by atoms with Gasteiger partial charge in [0.15, 0.2) is 0 Å². The fourth-order valence-electron chi connectivity index (χ4n) is 3.80. The molecule has 3 nitrogen and oxygen atoms in total. The number of rotatable bonds is 5. The zero-order valence-corrected chi connectivity index (χ0v) is 17.8. The van der Waals surface area contributed by atoms with Gasteiger partial charge in [0.2, 0.25) is 0 Å². The lowest BCUT2D eigenvalue weighted by molar-refractivity contribution is 0.0963. The molecule has 0 aliphatic carbocycles. The Kier molecular flexibility index (Phi) is 5.64. The summed E-state index contributed by atoms with van der Waals surface area (Å²) in [4.78, 5) is 13.3. The fraction of sp³-hybridized carbons (Fsp3) is 0.400. The van der Waals surface area contributed by atoms with Crippen LogP contribution in [-0.4, -0.2) is 17.6 Å². The van der Waals surface area contributed by atoms with Crippen molar-refractivity contribution >= 4 is 16.8 Å². The van der Waals surface area contributed by atoms with Gasteiger partial charge >= 0.3 is 0 Å². The minimum atomic E-state index is -0.121. The quantitative estimate of drug-likeness (QED) is 0.540. The largest absolute Gasteiger partial charge is 0.496 e. The first-order valence-corrected chi connectivity index (χ1v) is 10.0. The average Bonchev–Trinajstić information content (AvgIpc) is 2.99. The van der Waals surface area contributed by atoms with Crippen molar-refractivity contribution in [3.8, 4) is 5.75 Å². The standard InChI is InChI=1S/C25H30NO2/c1-7-8-9-18-10-12-19(13-11-18)24(27)26-17(2)16-20-21(26)14-15-22(28-6)23(20)25(3,4)5/h10-15H,7-9H2,1-6H3. The van der Waals surface area contributed by atoms with Gasteiger partial charge in [-0.1, -0.05) is 46.2 Å². The highest BCUT2D eigenvalue weighted by Gasteiger charge is 2.25. The van der Waals surface area contributed by atoms with Crippen molar-refractivity contribution in [3.63, 3.8) is 0 Å². The lowest BCUT2D eigenvalue weighted by Crippen LogP contribution is -2.15. The van der Waals surface area contributed by atoms with Crippen LogP contribution in [0.5, 0.6) is 5.75 Å². The normalized spacial score (nSPS) is 11.8. The number of unbranched alkanes of at least 4 members (excludes halogenated alkanes) is 1. The molecule has 0 fully saturated rings. The first-order chi connectivity index (χ1) is 13.3. The fourth-order valence-corrected chi connectivity index (χ4v) is 3.80. The molecule has 28 heavy (non-hydrogen) atoms. The van der Waals surface area contributed by atoms with E-state index in [1.165, 1.54) is 18.4 Å². The van der Waals surface area contributed by atoms with Gasteiger partial charge in [0, 0.05) is 28.3 Å². The van der Waals surface area contributed by atoms with E-state index in [2.05, 4.69) is 45.9 Å². The summed E-state index contributed by atoms with van der Waals surface area (Å²) in [6, 6.07) is 15.3. The van der Waals surface area contributed by atoms with Crippen LogP contribution in [0.3, 0.4) is 0 Å². The number of methoxy groups -OCH3 is 1. The predicted octanol–water partition coefficient (Wildman–Crippen LogP) is 6.09. The molecule has 0 amide bonds. The van der Waals surface area contributed by atoms with Crippen molar-refractivity contribution in [1.29, 1.82) is 0 Å². The van der Waals surface area contributed by atoms with Crippen LogP contribution >= 0.6 is 0 Å². The summed E-state index contributed by atoms with van der Waals surface area (Å²) >= 11 is 0. The molecule has 1 heterocycles. The molecule has 0 saturated carbocycles. The van der Waals surface area contributed by atoms with Crippen LogP contribution in [0.25, 0.3) is 10.9 Å². The van der Waals surface area contributed by atoms with Gasteiger partial charge in [-0.3, -0.25) is 9.36 Å². The molecule has 0 saturated heterocycles. The first-order valence-electron chi connectivity index (χ1n) is 10.0. The number of aromatic nitrogens is 1. The van der Waals surface area contributed by atoms with E-state index in [-0.39, 0.29) is 11.3 Å². The Morgan fingerprint density at radius 3 is 2.36 bits per heavy atom. The zero-order chi connectivity index (χ0) is 20.5. The van der Waals surface area contributed by atoms with Crippen LogP contribution in [0.1, 0.15) is 67.7 Å². The Hall–Kier alpha value is -2.55. The number of aryl methyl sites for hydroxylation is 2. The van der Waals surface area contributed by atoms with Gasteiger partial charge in [0.25, 0.3) is 5.91 Å². The van der Waals surface area contributed by atoms with E-state index in [0.717, 1.165) is 34.3 Å². The Morgan fingerprint density at radius 2 is 1.79 bits per heavy atom. The SMILES string of the molecule is CCCCc1ccc(C(=O)n2c(C)[c]c3c(C(C)(C)C)c(OC)ccc32)cc1. The topological polar surface area (TPSA) is 31.2 Å². The van der Waals surface area contributed by atoms with Crippen LogP contribution in [0.4, 0.5) is 0 Å². The van der Waals surface area contributed by atoms with Crippen LogP contribution in [0, 0.1) is 13.0 Å². The highest BCUT2D eigenvalue weighted by atomic mass is 16.5. The van der Waals surface area contributed by atoms with E-state index < -0.39 is 0 Å². The molecule has 0 aliphatic heterocycles. The number of hydrogen-bond donors (Lipinski definition) is 0. The summed E-state index contributed by atoms with van der Waals surface area (Å²) in [6.45, 7) is 10.6. The third-order valence-electron chi connectivity index (χ3n) is 5.22.